The van der Waals surface area contributed by atoms with Gasteiger partial charge < -0.3 is 10.3 Å². The van der Waals surface area contributed by atoms with Crippen molar-refractivity contribution in [2.75, 3.05) is 6.54 Å². The van der Waals surface area contributed by atoms with E-state index in [1.165, 1.54) is 6.07 Å². The van der Waals surface area contributed by atoms with Gasteiger partial charge in [0.25, 0.3) is 0 Å². The zero-order valence-electron chi connectivity index (χ0n) is 10.8. The average molecular weight is 326 g/mol. The van der Waals surface area contributed by atoms with E-state index in [0.717, 1.165) is 28.8 Å². The van der Waals surface area contributed by atoms with Crippen molar-refractivity contribution in [1.29, 1.82) is 0 Å². The Hall–Kier alpha value is -1.20. The Morgan fingerprint density at radius 2 is 2.26 bits per heavy atom. The van der Waals surface area contributed by atoms with Crippen molar-refractivity contribution in [3.8, 4) is 0 Å². The fourth-order valence-corrected chi connectivity index (χ4v) is 2.49. The van der Waals surface area contributed by atoms with E-state index in [2.05, 4.69) is 38.1 Å². The third-order valence-electron chi connectivity index (χ3n) is 2.88. The lowest BCUT2D eigenvalue weighted by Crippen LogP contribution is -2.24. The molecule has 1 atom stereocenters. The van der Waals surface area contributed by atoms with Gasteiger partial charge in [-0.05, 0) is 36.7 Å². The van der Waals surface area contributed by atoms with Crippen molar-refractivity contribution in [2.45, 2.75) is 25.8 Å². The molecular formula is C14H17BrFN3. The van der Waals surface area contributed by atoms with Crippen LogP contribution < -0.4 is 5.32 Å². The van der Waals surface area contributed by atoms with Crippen LogP contribution in [0.4, 0.5) is 4.39 Å². The smallest absolute Gasteiger partial charge is 0.124 e. The number of nitrogens with one attached hydrogen (secondary N) is 2. The molecule has 1 unspecified atom stereocenters. The summed E-state index contributed by atoms with van der Waals surface area (Å²) in [7, 11) is 0. The molecule has 0 aliphatic heterocycles. The van der Waals surface area contributed by atoms with Gasteiger partial charge in [-0.2, -0.15) is 0 Å². The fourth-order valence-electron chi connectivity index (χ4n) is 2.01. The standard InChI is InChI=1S/C14H17BrFN3/c1-2-3-17-13(9-14-18-4-5-19-14)10-6-11(15)8-12(16)7-10/h4-8,13,17H,2-3,9H2,1H3,(H,18,19). The lowest BCUT2D eigenvalue weighted by molar-refractivity contribution is 0.515. The van der Waals surface area contributed by atoms with Gasteiger partial charge in [0.1, 0.15) is 11.6 Å². The molecule has 102 valence electrons. The zero-order valence-corrected chi connectivity index (χ0v) is 12.4. The summed E-state index contributed by atoms with van der Waals surface area (Å²) in [5.74, 6) is 0.668. The molecule has 1 aromatic carbocycles. The molecule has 2 rings (SSSR count). The van der Waals surface area contributed by atoms with Crippen LogP contribution in [0.1, 0.15) is 30.8 Å². The number of aromatic amines is 1. The summed E-state index contributed by atoms with van der Waals surface area (Å²) in [6.07, 6.45) is 5.27. The highest BCUT2D eigenvalue weighted by Gasteiger charge is 2.14. The molecule has 5 heteroatoms. The lowest BCUT2D eigenvalue weighted by Gasteiger charge is -2.18. The highest BCUT2D eigenvalue weighted by molar-refractivity contribution is 9.10. The Balaban J connectivity index is 2.20. The summed E-state index contributed by atoms with van der Waals surface area (Å²) in [5, 5.41) is 3.43. The molecule has 19 heavy (non-hydrogen) atoms. The Morgan fingerprint density at radius 3 is 2.89 bits per heavy atom. The molecule has 1 aromatic heterocycles. The predicted octanol–water partition coefficient (Wildman–Crippen LogP) is 3.59. The number of hydrogen-bond donors (Lipinski definition) is 2. The van der Waals surface area contributed by atoms with Crippen LogP contribution in [0.2, 0.25) is 0 Å². The maximum absolute atomic E-state index is 13.5. The summed E-state index contributed by atoms with van der Waals surface area (Å²) in [6.45, 7) is 3.00. The first-order valence-electron chi connectivity index (χ1n) is 6.36. The molecule has 0 saturated carbocycles. The molecule has 2 aromatic rings. The number of benzene rings is 1. The SMILES string of the molecule is CCCNC(Cc1ncc[nH]1)c1cc(F)cc(Br)c1. The first-order chi connectivity index (χ1) is 9.19. The molecule has 0 saturated heterocycles. The quantitative estimate of drug-likeness (QED) is 0.852. The van der Waals surface area contributed by atoms with E-state index in [0.29, 0.717) is 6.42 Å². The van der Waals surface area contributed by atoms with Crippen LogP contribution in [0.3, 0.4) is 0 Å². The summed E-state index contributed by atoms with van der Waals surface area (Å²) in [5.41, 5.74) is 0.928. The third-order valence-corrected chi connectivity index (χ3v) is 3.34. The Labute approximate surface area is 120 Å². The molecule has 0 aliphatic rings. The average Bonchev–Trinajstić information content (AvgIpc) is 2.86. The Kier molecular flexibility index (Phi) is 5.10. The molecule has 2 N–H and O–H groups in total. The highest BCUT2D eigenvalue weighted by atomic mass is 79.9. The van der Waals surface area contributed by atoms with Gasteiger partial charge in [0.05, 0.1) is 0 Å². The van der Waals surface area contributed by atoms with E-state index in [4.69, 9.17) is 0 Å². The monoisotopic (exact) mass is 325 g/mol. The van der Waals surface area contributed by atoms with Gasteiger partial charge in [-0.15, -0.1) is 0 Å². The molecule has 0 radical (unpaired) electrons. The van der Waals surface area contributed by atoms with E-state index < -0.39 is 0 Å². The van der Waals surface area contributed by atoms with Crippen LogP contribution in [0.15, 0.2) is 35.1 Å². The Morgan fingerprint density at radius 1 is 1.42 bits per heavy atom. The number of nitrogens with zero attached hydrogens (tertiary/aromatic N) is 1. The summed E-state index contributed by atoms with van der Waals surface area (Å²) in [6, 6.07) is 5.03. The second kappa shape index (κ2) is 6.82. The molecule has 0 amide bonds. The topological polar surface area (TPSA) is 40.7 Å². The number of aromatic nitrogens is 2. The van der Waals surface area contributed by atoms with Crippen molar-refractivity contribution < 1.29 is 4.39 Å². The van der Waals surface area contributed by atoms with Gasteiger partial charge in [-0.3, -0.25) is 0 Å². The Bertz CT molecular complexity index is 493. The van der Waals surface area contributed by atoms with Gasteiger partial charge in [-0.25, -0.2) is 9.37 Å². The van der Waals surface area contributed by atoms with Crippen LogP contribution in [0.25, 0.3) is 0 Å². The van der Waals surface area contributed by atoms with Crippen molar-refractivity contribution in [3.63, 3.8) is 0 Å². The van der Waals surface area contributed by atoms with Crippen LogP contribution >= 0.6 is 15.9 Å². The summed E-state index contributed by atoms with van der Waals surface area (Å²) in [4.78, 5) is 7.32. The van der Waals surface area contributed by atoms with Crippen molar-refractivity contribution in [2.24, 2.45) is 0 Å². The highest BCUT2D eigenvalue weighted by Crippen LogP contribution is 2.22. The van der Waals surface area contributed by atoms with Crippen molar-refractivity contribution in [1.82, 2.24) is 15.3 Å². The van der Waals surface area contributed by atoms with Gasteiger partial charge in [0.2, 0.25) is 0 Å². The maximum atomic E-state index is 13.5. The predicted molar refractivity (Wildman–Crippen MR) is 77.4 cm³/mol. The number of imidazole rings is 1. The van der Waals surface area contributed by atoms with Crippen molar-refractivity contribution in [3.05, 3.63) is 52.3 Å². The maximum Gasteiger partial charge on any atom is 0.124 e. The minimum absolute atomic E-state index is 0.0538. The molecule has 0 fully saturated rings. The third kappa shape index (κ3) is 4.14. The first kappa shape index (κ1) is 14.2. The second-order valence-corrected chi connectivity index (χ2v) is 5.37. The molecule has 0 aliphatic carbocycles. The van der Waals surface area contributed by atoms with Crippen LogP contribution in [0, 0.1) is 5.82 Å². The first-order valence-corrected chi connectivity index (χ1v) is 7.16. The van der Waals surface area contributed by atoms with Crippen molar-refractivity contribution >= 4 is 15.9 Å². The van der Waals surface area contributed by atoms with E-state index in [-0.39, 0.29) is 11.9 Å². The van der Waals surface area contributed by atoms with E-state index in [1.807, 2.05) is 6.07 Å². The van der Waals surface area contributed by atoms with E-state index >= 15 is 0 Å². The largest absolute Gasteiger partial charge is 0.349 e. The number of halogens is 2. The number of H-pyrrole nitrogens is 1. The summed E-state index contributed by atoms with van der Waals surface area (Å²) >= 11 is 3.34. The minimum Gasteiger partial charge on any atom is -0.349 e. The summed E-state index contributed by atoms with van der Waals surface area (Å²) < 4.78 is 14.3. The van der Waals surface area contributed by atoms with E-state index in [1.54, 1.807) is 18.5 Å². The molecule has 1 heterocycles. The molecular weight excluding hydrogens is 309 g/mol. The van der Waals surface area contributed by atoms with Gasteiger partial charge in [0, 0.05) is 29.3 Å². The number of rotatable bonds is 6. The van der Waals surface area contributed by atoms with E-state index in [9.17, 15) is 4.39 Å². The zero-order chi connectivity index (χ0) is 13.7. The van der Waals surface area contributed by atoms with Crippen LogP contribution in [-0.2, 0) is 6.42 Å². The van der Waals surface area contributed by atoms with Gasteiger partial charge in [-0.1, -0.05) is 22.9 Å². The minimum atomic E-state index is -0.230. The fraction of sp³-hybridized carbons (Fsp3) is 0.357. The van der Waals surface area contributed by atoms with Crippen LogP contribution in [-0.4, -0.2) is 16.5 Å². The lowest BCUT2D eigenvalue weighted by atomic mass is 10.0. The van der Waals surface area contributed by atoms with Gasteiger partial charge in [0.15, 0.2) is 0 Å². The van der Waals surface area contributed by atoms with Crippen LogP contribution in [0.5, 0.6) is 0 Å². The normalized spacial score (nSPS) is 12.6. The van der Waals surface area contributed by atoms with Gasteiger partial charge >= 0.3 is 0 Å². The second-order valence-electron chi connectivity index (χ2n) is 4.45. The molecule has 3 nitrogen and oxygen atoms in total. The molecule has 0 bridgehead atoms. The molecule has 0 spiro atoms. The number of hydrogen-bond acceptors (Lipinski definition) is 2.